The van der Waals surface area contributed by atoms with Crippen LogP contribution >= 0.6 is 0 Å². The first-order valence-electron chi connectivity index (χ1n) is 4.91. The van der Waals surface area contributed by atoms with Crippen LogP contribution in [0.1, 0.15) is 25.8 Å². The average Bonchev–Trinajstić information content (AvgIpc) is 2.10. The molecule has 0 amide bonds. The van der Waals surface area contributed by atoms with E-state index in [-0.39, 0.29) is 17.7 Å². The van der Waals surface area contributed by atoms with Gasteiger partial charge in [-0.3, -0.25) is 4.79 Å². The summed E-state index contributed by atoms with van der Waals surface area (Å²) in [6, 6.07) is 4.70. The van der Waals surface area contributed by atoms with Crippen LogP contribution in [-0.4, -0.2) is 11.9 Å². The van der Waals surface area contributed by atoms with Gasteiger partial charge in [-0.05, 0) is 32.4 Å². The highest BCUT2D eigenvalue weighted by Crippen LogP contribution is 2.17. The van der Waals surface area contributed by atoms with Crippen LogP contribution in [0.2, 0.25) is 0 Å². The molecule has 0 bridgehead atoms. The van der Waals surface area contributed by atoms with Crippen LogP contribution < -0.4 is 4.74 Å². The Morgan fingerprint density at radius 3 is 2.73 bits per heavy atom. The lowest BCUT2D eigenvalue weighted by Crippen LogP contribution is -2.15. The van der Waals surface area contributed by atoms with E-state index in [1.54, 1.807) is 26.0 Å². The number of hydrogen-bond donors (Lipinski definition) is 0. The minimum absolute atomic E-state index is 0.0649. The maximum atomic E-state index is 13.1. The molecule has 15 heavy (non-hydrogen) atoms. The molecule has 0 fully saturated rings. The summed E-state index contributed by atoms with van der Waals surface area (Å²) in [7, 11) is 0. The van der Waals surface area contributed by atoms with E-state index in [0.29, 0.717) is 17.7 Å². The minimum atomic E-state index is -0.289. The number of benzene rings is 1. The number of halogens is 1. The summed E-state index contributed by atoms with van der Waals surface area (Å²) in [5, 5.41) is 0. The van der Waals surface area contributed by atoms with Crippen molar-refractivity contribution in [2.75, 3.05) is 0 Å². The molecule has 0 aliphatic carbocycles. The van der Waals surface area contributed by atoms with Gasteiger partial charge in [0, 0.05) is 12.5 Å². The van der Waals surface area contributed by atoms with Gasteiger partial charge in [-0.2, -0.15) is 0 Å². The van der Waals surface area contributed by atoms with Crippen molar-refractivity contribution in [3.05, 3.63) is 29.6 Å². The number of carbonyl (C=O) groups is 1. The van der Waals surface area contributed by atoms with Gasteiger partial charge in [0.15, 0.2) is 0 Å². The number of carbonyl (C=O) groups excluding carboxylic acids is 1. The van der Waals surface area contributed by atoms with E-state index in [0.717, 1.165) is 0 Å². The van der Waals surface area contributed by atoms with E-state index in [2.05, 4.69) is 0 Å². The SMILES string of the molecule is CC(=O)CC(C)Oc1ccc(C)c(F)c1. The summed E-state index contributed by atoms with van der Waals surface area (Å²) in [5.74, 6) is 0.240. The van der Waals surface area contributed by atoms with Crippen molar-refractivity contribution in [1.82, 2.24) is 0 Å². The Balaban J connectivity index is 2.64. The minimum Gasteiger partial charge on any atom is -0.490 e. The summed E-state index contributed by atoms with van der Waals surface area (Å²) in [6.45, 7) is 4.99. The second kappa shape index (κ2) is 4.91. The maximum Gasteiger partial charge on any atom is 0.133 e. The van der Waals surface area contributed by atoms with Crippen molar-refractivity contribution in [2.45, 2.75) is 33.3 Å². The smallest absolute Gasteiger partial charge is 0.133 e. The first-order valence-corrected chi connectivity index (χ1v) is 4.91. The van der Waals surface area contributed by atoms with E-state index < -0.39 is 0 Å². The number of hydrogen-bond acceptors (Lipinski definition) is 2. The second-order valence-corrected chi connectivity index (χ2v) is 3.75. The van der Waals surface area contributed by atoms with Crippen LogP contribution in [0.4, 0.5) is 4.39 Å². The Hall–Kier alpha value is -1.38. The molecule has 0 heterocycles. The number of rotatable bonds is 4. The van der Waals surface area contributed by atoms with Gasteiger partial charge in [-0.1, -0.05) is 6.07 Å². The summed E-state index contributed by atoms with van der Waals surface area (Å²) in [6.07, 6.45) is 0.125. The zero-order valence-corrected chi connectivity index (χ0v) is 9.21. The molecule has 0 saturated heterocycles. The Morgan fingerprint density at radius 2 is 2.20 bits per heavy atom. The Morgan fingerprint density at radius 1 is 1.53 bits per heavy atom. The highest BCUT2D eigenvalue weighted by atomic mass is 19.1. The molecule has 0 radical (unpaired) electrons. The van der Waals surface area contributed by atoms with Gasteiger partial charge < -0.3 is 4.74 Å². The van der Waals surface area contributed by atoms with Gasteiger partial charge in [0.25, 0.3) is 0 Å². The standard InChI is InChI=1S/C12H15FO2/c1-8-4-5-11(7-12(8)13)15-10(3)6-9(2)14/h4-5,7,10H,6H2,1-3H3. The Bertz CT molecular complexity index is 361. The zero-order valence-electron chi connectivity index (χ0n) is 9.21. The molecule has 0 N–H and O–H groups in total. The first kappa shape index (κ1) is 11.7. The maximum absolute atomic E-state index is 13.1. The molecule has 0 saturated carbocycles. The first-order chi connectivity index (χ1) is 6.99. The number of ketones is 1. The van der Waals surface area contributed by atoms with Crippen LogP contribution in [0, 0.1) is 12.7 Å². The fraction of sp³-hybridized carbons (Fsp3) is 0.417. The fourth-order valence-corrected chi connectivity index (χ4v) is 1.33. The highest BCUT2D eigenvalue weighted by Gasteiger charge is 2.08. The van der Waals surface area contributed by atoms with Gasteiger partial charge in [-0.25, -0.2) is 4.39 Å². The van der Waals surface area contributed by atoms with Gasteiger partial charge >= 0.3 is 0 Å². The average molecular weight is 210 g/mol. The molecule has 3 heteroatoms. The van der Waals surface area contributed by atoms with Crippen LogP contribution in [0.25, 0.3) is 0 Å². The third kappa shape index (κ3) is 3.70. The molecule has 1 unspecified atom stereocenters. The van der Waals surface area contributed by atoms with Crippen molar-refractivity contribution < 1.29 is 13.9 Å². The zero-order chi connectivity index (χ0) is 11.4. The van der Waals surface area contributed by atoms with Gasteiger partial charge in [0.2, 0.25) is 0 Å². The van der Waals surface area contributed by atoms with E-state index in [4.69, 9.17) is 4.74 Å². The van der Waals surface area contributed by atoms with Crippen molar-refractivity contribution in [3.8, 4) is 5.75 Å². The Labute approximate surface area is 89.1 Å². The van der Waals surface area contributed by atoms with Crippen LogP contribution in [0.5, 0.6) is 5.75 Å². The van der Waals surface area contributed by atoms with E-state index in [1.165, 1.54) is 13.0 Å². The molecule has 0 spiro atoms. The summed E-state index contributed by atoms with van der Waals surface area (Å²) >= 11 is 0. The third-order valence-electron chi connectivity index (χ3n) is 2.06. The molecule has 0 aromatic heterocycles. The van der Waals surface area contributed by atoms with E-state index in [1.807, 2.05) is 0 Å². The molecule has 0 aliphatic heterocycles. The number of ether oxygens (including phenoxy) is 1. The van der Waals surface area contributed by atoms with Crippen molar-refractivity contribution in [2.24, 2.45) is 0 Å². The molecule has 82 valence electrons. The van der Waals surface area contributed by atoms with Crippen LogP contribution in [0.3, 0.4) is 0 Å². The van der Waals surface area contributed by atoms with Crippen molar-refractivity contribution in [1.29, 1.82) is 0 Å². The lowest BCUT2D eigenvalue weighted by Gasteiger charge is -2.13. The fourth-order valence-electron chi connectivity index (χ4n) is 1.33. The molecule has 2 nitrogen and oxygen atoms in total. The lowest BCUT2D eigenvalue weighted by molar-refractivity contribution is -0.118. The predicted molar refractivity (Wildman–Crippen MR) is 56.5 cm³/mol. The molecule has 1 aromatic rings. The normalized spacial score (nSPS) is 12.3. The molecular formula is C12H15FO2. The van der Waals surface area contributed by atoms with Crippen molar-refractivity contribution >= 4 is 5.78 Å². The summed E-state index contributed by atoms with van der Waals surface area (Å²) < 4.78 is 18.5. The Kier molecular flexibility index (Phi) is 3.83. The predicted octanol–water partition coefficient (Wildman–Crippen LogP) is 2.88. The summed E-state index contributed by atoms with van der Waals surface area (Å²) in [4.78, 5) is 10.8. The molecular weight excluding hydrogens is 195 g/mol. The van der Waals surface area contributed by atoms with Crippen LogP contribution in [0.15, 0.2) is 18.2 Å². The van der Waals surface area contributed by atoms with E-state index in [9.17, 15) is 9.18 Å². The molecule has 1 rings (SSSR count). The molecule has 1 atom stereocenters. The van der Waals surface area contributed by atoms with Crippen molar-refractivity contribution in [3.63, 3.8) is 0 Å². The van der Waals surface area contributed by atoms with Gasteiger partial charge in [-0.15, -0.1) is 0 Å². The summed E-state index contributed by atoms with van der Waals surface area (Å²) in [5.41, 5.74) is 0.585. The second-order valence-electron chi connectivity index (χ2n) is 3.75. The van der Waals surface area contributed by atoms with E-state index >= 15 is 0 Å². The lowest BCUT2D eigenvalue weighted by atomic mass is 10.2. The number of aryl methyl sites for hydroxylation is 1. The highest BCUT2D eigenvalue weighted by molar-refractivity contribution is 5.75. The molecule has 1 aromatic carbocycles. The third-order valence-corrected chi connectivity index (χ3v) is 2.06. The molecule has 0 aliphatic rings. The van der Waals surface area contributed by atoms with Gasteiger partial charge in [0.1, 0.15) is 23.5 Å². The van der Waals surface area contributed by atoms with Crippen LogP contribution in [-0.2, 0) is 4.79 Å². The largest absolute Gasteiger partial charge is 0.490 e. The number of Topliss-reactive ketones (excluding diaryl/α,β-unsaturated/α-hetero) is 1. The monoisotopic (exact) mass is 210 g/mol. The van der Waals surface area contributed by atoms with Gasteiger partial charge in [0.05, 0.1) is 0 Å². The topological polar surface area (TPSA) is 26.3 Å². The quantitative estimate of drug-likeness (QED) is 0.763.